The summed E-state index contributed by atoms with van der Waals surface area (Å²) in [4.78, 5) is 4.36. The van der Waals surface area contributed by atoms with E-state index < -0.39 is 0 Å². The first-order valence-electron chi connectivity index (χ1n) is 6.75. The largest absolute Gasteiger partial charge is 0.377 e. The number of hydrogen-bond donors (Lipinski definition) is 2. The summed E-state index contributed by atoms with van der Waals surface area (Å²) in [6.07, 6.45) is 3.81. The van der Waals surface area contributed by atoms with Crippen LogP contribution >= 0.6 is 0 Å². The standard InChI is InChI=1S/C13H25N3O/c1-4-5-7-15-12(14)16-10-9-6-8-17-11(9)13(10,2)3/h9-11H,4-8H2,1-3H3,(H3,14,15,16). The Bertz CT molecular complexity index is 301. The van der Waals surface area contributed by atoms with E-state index in [0.717, 1.165) is 32.4 Å². The lowest BCUT2D eigenvalue weighted by molar-refractivity contribution is -0.106. The number of fused-ring (bicyclic) bond motifs is 1. The van der Waals surface area contributed by atoms with E-state index in [-0.39, 0.29) is 5.41 Å². The molecule has 98 valence electrons. The second-order valence-electron chi connectivity index (χ2n) is 5.81. The molecular formula is C13H25N3O. The first kappa shape index (κ1) is 12.7. The van der Waals surface area contributed by atoms with Gasteiger partial charge in [0.15, 0.2) is 5.96 Å². The lowest BCUT2D eigenvalue weighted by atomic mass is 9.57. The van der Waals surface area contributed by atoms with Gasteiger partial charge in [-0.05, 0) is 12.8 Å². The van der Waals surface area contributed by atoms with Gasteiger partial charge in [0.25, 0.3) is 0 Å². The van der Waals surface area contributed by atoms with Crippen LogP contribution in [0.2, 0.25) is 0 Å². The van der Waals surface area contributed by atoms with Gasteiger partial charge in [-0.25, -0.2) is 0 Å². The molecule has 1 aliphatic heterocycles. The number of ether oxygens (including phenoxy) is 1. The Morgan fingerprint density at radius 3 is 3.00 bits per heavy atom. The minimum absolute atomic E-state index is 0.173. The summed E-state index contributed by atoms with van der Waals surface area (Å²) >= 11 is 0. The zero-order valence-corrected chi connectivity index (χ0v) is 11.2. The van der Waals surface area contributed by atoms with Crippen molar-refractivity contribution in [1.82, 2.24) is 5.32 Å². The SMILES string of the molecule is CCCCN=C(N)NC1C2CCOC2C1(C)C. The molecule has 3 atom stereocenters. The fourth-order valence-electron chi connectivity index (χ4n) is 3.18. The molecule has 0 amide bonds. The highest BCUT2D eigenvalue weighted by Crippen LogP contribution is 2.51. The molecule has 2 fully saturated rings. The summed E-state index contributed by atoms with van der Waals surface area (Å²) in [6.45, 7) is 8.37. The van der Waals surface area contributed by atoms with Gasteiger partial charge in [0.2, 0.25) is 0 Å². The Labute approximate surface area is 104 Å². The molecule has 0 aromatic carbocycles. The summed E-state index contributed by atoms with van der Waals surface area (Å²) in [6, 6.07) is 0.417. The summed E-state index contributed by atoms with van der Waals surface area (Å²) < 4.78 is 5.76. The molecule has 4 heteroatoms. The Balaban J connectivity index is 1.88. The molecule has 0 spiro atoms. The van der Waals surface area contributed by atoms with Crippen molar-refractivity contribution in [2.75, 3.05) is 13.2 Å². The zero-order valence-electron chi connectivity index (χ0n) is 11.2. The summed E-state index contributed by atoms with van der Waals surface area (Å²) in [5, 5.41) is 3.38. The van der Waals surface area contributed by atoms with Crippen molar-refractivity contribution in [2.24, 2.45) is 22.1 Å². The molecule has 17 heavy (non-hydrogen) atoms. The highest BCUT2D eigenvalue weighted by Gasteiger charge is 2.59. The number of aliphatic imine (C=N–C) groups is 1. The van der Waals surface area contributed by atoms with Crippen molar-refractivity contribution in [3.63, 3.8) is 0 Å². The molecule has 2 rings (SSSR count). The van der Waals surface area contributed by atoms with Gasteiger partial charge in [-0.15, -0.1) is 0 Å². The van der Waals surface area contributed by atoms with Crippen LogP contribution in [0.15, 0.2) is 4.99 Å². The van der Waals surface area contributed by atoms with Gasteiger partial charge in [-0.3, -0.25) is 4.99 Å². The highest BCUT2D eigenvalue weighted by molar-refractivity contribution is 5.78. The summed E-state index contributed by atoms with van der Waals surface area (Å²) in [7, 11) is 0. The number of unbranched alkanes of at least 4 members (excludes halogenated alkanes) is 1. The van der Waals surface area contributed by atoms with E-state index in [9.17, 15) is 0 Å². The van der Waals surface area contributed by atoms with Gasteiger partial charge >= 0.3 is 0 Å². The molecule has 1 saturated carbocycles. The molecule has 3 unspecified atom stereocenters. The van der Waals surface area contributed by atoms with Crippen molar-refractivity contribution in [3.8, 4) is 0 Å². The average molecular weight is 239 g/mol. The van der Waals surface area contributed by atoms with Crippen LogP contribution in [0.4, 0.5) is 0 Å². The van der Waals surface area contributed by atoms with E-state index >= 15 is 0 Å². The van der Waals surface area contributed by atoms with Crippen LogP contribution in [-0.2, 0) is 4.74 Å². The number of rotatable bonds is 4. The predicted molar refractivity (Wildman–Crippen MR) is 69.9 cm³/mol. The van der Waals surface area contributed by atoms with Crippen LogP contribution in [0, 0.1) is 11.3 Å². The average Bonchev–Trinajstić information content (AvgIpc) is 2.73. The third kappa shape index (κ3) is 2.28. The Morgan fingerprint density at radius 1 is 1.53 bits per heavy atom. The van der Waals surface area contributed by atoms with Crippen LogP contribution < -0.4 is 11.1 Å². The second kappa shape index (κ2) is 4.84. The molecule has 4 nitrogen and oxygen atoms in total. The van der Waals surface area contributed by atoms with Crippen molar-refractivity contribution in [1.29, 1.82) is 0 Å². The van der Waals surface area contributed by atoms with Gasteiger partial charge < -0.3 is 15.8 Å². The lowest BCUT2D eigenvalue weighted by Gasteiger charge is -2.54. The predicted octanol–water partition coefficient (Wildman–Crippen LogP) is 1.50. The van der Waals surface area contributed by atoms with Gasteiger partial charge in [-0.1, -0.05) is 27.2 Å². The van der Waals surface area contributed by atoms with Crippen LogP contribution in [0.3, 0.4) is 0 Å². The maximum atomic E-state index is 5.93. The molecular weight excluding hydrogens is 214 g/mol. The van der Waals surface area contributed by atoms with Crippen molar-refractivity contribution in [3.05, 3.63) is 0 Å². The molecule has 0 aromatic heterocycles. The van der Waals surface area contributed by atoms with Crippen LogP contribution in [0.25, 0.3) is 0 Å². The monoisotopic (exact) mass is 239 g/mol. The van der Waals surface area contributed by atoms with Crippen LogP contribution in [0.5, 0.6) is 0 Å². The third-order valence-electron chi connectivity index (χ3n) is 4.20. The van der Waals surface area contributed by atoms with Crippen molar-refractivity contribution < 1.29 is 4.74 Å². The number of nitrogens with one attached hydrogen (secondary N) is 1. The Morgan fingerprint density at radius 2 is 2.29 bits per heavy atom. The first-order valence-corrected chi connectivity index (χ1v) is 6.75. The molecule has 1 heterocycles. The molecule has 1 saturated heterocycles. The van der Waals surface area contributed by atoms with E-state index in [4.69, 9.17) is 10.5 Å². The van der Waals surface area contributed by atoms with E-state index in [2.05, 4.69) is 31.1 Å². The van der Waals surface area contributed by atoms with Gasteiger partial charge in [0.1, 0.15) is 0 Å². The van der Waals surface area contributed by atoms with E-state index in [1.54, 1.807) is 0 Å². The van der Waals surface area contributed by atoms with E-state index in [1.165, 1.54) is 0 Å². The minimum Gasteiger partial charge on any atom is -0.377 e. The maximum Gasteiger partial charge on any atom is 0.188 e. The Kier molecular flexibility index (Phi) is 3.61. The summed E-state index contributed by atoms with van der Waals surface area (Å²) in [5.74, 6) is 1.21. The second-order valence-corrected chi connectivity index (χ2v) is 5.81. The number of nitrogens with zero attached hydrogens (tertiary/aromatic N) is 1. The van der Waals surface area contributed by atoms with Crippen molar-refractivity contribution >= 4 is 5.96 Å². The minimum atomic E-state index is 0.173. The molecule has 0 radical (unpaired) electrons. The highest BCUT2D eigenvalue weighted by atomic mass is 16.5. The molecule has 0 bridgehead atoms. The molecule has 3 N–H and O–H groups in total. The number of nitrogens with two attached hydrogens (primary N) is 1. The molecule has 1 aliphatic carbocycles. The lowest BCUT2D eigenvalue weighted by Crippen LogP contribution is -2.67. The Hall–Kier alpha value is -0.770. The fourth-order valence-corrected chi connectivity index (χ4v) is 3.18. The van der Waals surface area contributed by atoms with Crippen LogP contribution in [0.1, 0.15) is 40.0 Å². The smallest absolute Gasteiger partial charge is 0.188 e. The normalized spacial score (nSPS) is 35.2. The van der Waals surface area contributed by atoms with Crippen molar-refractivity contribution in [2.45, 2.75) is 52.2 Å². The zero-order chi connectivity index (χ0) is 12.5. The summed E-state index contributed by atoms with van der Waals surface area (Å²) in [5.41, 5.74) is 6.10. The molecule has 0 aromatic rings. The maximum absolute atomic E-state index is 5.93. The van der Waals surface area contributed by atoms with Gasteiger partial charge in [0.05, 0.1) is 6.10 Å². The van der Waals surface area contributed by atoms with Crippen LogP contribution in [-0.4, -0.2) is 31.3 Å². The quantitative estimate of drug-likeness (QED) is 0.444. The van der Waals surface area contributed by atoms with E-state index in [0.29, 0.717) is 24.0 Å². The van der Waals surface area contributed by atoms with E-state index in [1.807, 2.05) is 0 Å². The molecule has 2 aliphatic rings. The fraction of sp³-hybridized carbons (Fsp3) is 0.923. The van der Waals surface area contributed by atoms with Gasteiger partial charge in [0, 0.05) is 30.5 Å². The third-order valence-corrected chi connectivity index (χ3v) is 4.20. The topological polar surface area (TPSA) is 59.6 Å². The number of guanidine groups is 1. The number of hydrogen-bond acceptors (Lipinski definition) is 2. The first-order chi connectivity index (χ1) is 8.07. The van der Waals surface area contributed by atoms with Gasteiger partial charge in [-0.2, -0.15) is 0 Å².